The molecule has 20 heavy (non-hydrogen) atoms. The zero-order chi connectivity index (χ0) is 14.6. The van der Waals surface area contributed by atoms with Gasteiger partial charge in [-0.3, -0.25) is 0 Å². The number of para-hydroxylation sites is 1. The molecule has 0 unspecified atom stereocenters. The van der Waals surface area contributed by atoms with Crippen molar-refractivity contribution in [3.63, 3.8) is 0 Å². The first-order valence-electron chi connectivity index (χ1n) is 6.73. The summed E-state index contributed by atoms with van der Waals surface area (Å²) in [4.78, 5) is 4.07. The van der Waals surface area contributed by atoms with E-state index in [4.69, 9.17) is 11.6 Å². The van der Waals surface area contributed by atoms with Gasteiger partial charge in [-0.2, -0.15) is 0 Å². The van der Waals surface area contributed by atoms with E-state index in [1.54, 1.807) is 12.5 Å². The first kappa shape index (κ1) is 14.9. The number of aromatic nitrogens is 2. The van der Waals surface area contributed by atoms with Gasteiger partial charge in [0.1, 0.15) is 0 Å². The molecule has 0 fully saturated rings. The van der Waals surface area contributed by atoms with Gasteiger partial charge in [0.05, 0.1) is 22.7 Å². The van der Waals surface area contributed by atoms with Crippen molar-refractivity contribution in [1.29, 1.82) is 0 Å². The van der Waals surface area contributed by atoms with Crippen LogP contribution in [-0.4, -0.2) is 28.2 Å². The number of halogens is 1. The Morgan fingerprint density at radius 1 is 1.25 bits per heavy atom. The molecule has 0 spiro atoms. The number of hydrogen-bond acceptors (Lipinski definition) is 3. The molecule has 0 aliphatic rings. The molecule has 2 N–H and O–H groups in total. The summed E-state index contributed by atoms with van der Waals surface area (Å²) in [6.07, 6.45) is 5.38. The molecule has 108 valence electrons. The molecular formula is C15H21ClN4. The van der Waals surface area contributed by atoms with Crippen LogP contribution in [0.4, 0.5) is 5.69 Å². The highest BCUT2D eigenvalue weighted by Gasteiger charge is 2.10. The first-order valence-corrected chi connectivity index (χ1v) is 7.11. The zero-order valence-corrected chi connectivity index (χ0v) is 12.9. The maximum Gasteiger partial charge on any atom is 0.0992 e. The highest BCUT2D eigenvalue weighted by atomic mass is 35.5. The highest BCUT2D eigenvalue weighted by Crippen LogP contribution is 2.28. The lowest BCUT2D eigenvalue weighted by Crippen LogP contribution is -2.38. The average molecular weight is 293 g/mol. The van der Waals surface area contributed by atoms with Crippen LogP contribution in [0.15, 0.2) is 36.9 Å². The second kappa shape index (κ2) is 6.29. The van der Waals surface area contributed by atoms with Crippen molar-refractivity contribution in [1.82, 2.24) is 14.9 Å². The minimum atomic E-state index is 0.128. The zero-order valence-electron chi connectivity index (χ0n) is 12.2. The lowest BCUT2D eigenvalue weighted by molar-refractivity contribution is 0.435. The fourth-order valence-electron chi connectivity index (χ4n) is 1.95. The van der Waals surface area contributed by atoms with E-state index in [0.717, 1.165) is 24.5 Å². The molecule has 0 atom stereocenters. The van der Waals surface area contributed by atoms with Gasteiger partial charge in [0.15, 0.2) is 0 Å². The molecule has 0 aliphatic carbocycles. The third kappa shape index (κ3) is 3.99. The summed E-state index contributed by atoms with van der Waals surface area (Å²) in [5.41, 5.74) is 2.07. The van der Waals surface area contributed by atoms with Crippen LogP contribution in [0.1, 0.15) is 20.8 Å². The van der Waals surface area contributed by atoms with Gasteiger partial charge in [0, 0.05) is 31.0 Å². The van der Waals surface area contributed by atoms with Crippen LogP contribution in [0.3, 0.4) is 0 Å². The summed E-state index contributed by atoms with van der Waals surface area (Å²) < 4.78 is 1.92. The van der Waals surface area contributed by atoms with Crippen molar-refractivity contribution < 1.29 is 0 Å². The Balaban J connectivity index is 2.07. The molecule has 5 heteroatoms. The van der Waals surface area contributed by atoms with E-state index >= 15 is 0 Å². The van der Waals surface area contributed by atoms with Gasteiger partial charge in [0.25, 0.3) is 0 Å². The Kier molecular flexibility index (Phi) is 4.68. The van der Waals surface area contributed by atoms with Crippen molar-refractivity contribution in [3.05, 3.63) is 41.9 Å². The minimum absolute atomic E-state index is 0.128. The van der Waals surface area contributed by atoms with Gasteiger partial charge in [-0.15, -0.1) is 0 Å². The number of benzene rings is 1. The summed E-state index contributed by atoms with van der Waals surface area (Å²) in [5, 5.41) is 7.57. The topological polar surface area (TPSA) is 41.9 Å². The van der Waals surface area contributed by atoms with E-state index < -0.39 is 0 Å². The smallest absolute Gasteiger partial charge is 0.0992 e. The molecule has 4 nitrogen and oxygen atoms in total. The van der Waals surface area contributed by atoms with E-state index in [-0.39, 0.29) is 5.54 Å². The van der Waals surface area contributed by atoms with Gasteiger partial charge >= 0.3 is 0 Å². The van der Waals surface area contributed by atoms with Gasteiger partial charge in [-0.05, 0) is 32.9 Å². The third-order valence-electron chi connectivity index (χ3n) is 2.85. The predicted molar refractivity (Wildman–Crippen MR) is 84.8 cm³/mol. The SMILES string of the molecule is CC(C)(C)NCCNc1cccc(Cl)c1-n1ccnc1. The lowest BCUT2D eigenvalue weighted by Gasteiger charge is -2.21. The standard InChI is InChI=1S/C15H21ClN4/c1-15(2,3)19-8-7-18-13-6-4-5-12(16)14(13)20-10-9-17-11-20/h4-6,9-11,18-19H,7-8H2,1-3H3. The van der Waals surface area contributed by atoms with Crippen LogP contribution in [-0.2, 0) is 0 Å². The number of hydrogen-bond donors (Lipinski definition) is 2. The van der Waals surface area contributed by atoms with Crippen LogP contribution in [0, 0.1) is 0 Å². The Hall–Kier alpha value is -1.52. The minimum Gasteiger partial charge on any atom is -0.382 e. The molecule has 1 aromatic heterocycles. The van der Waals surface area contributed by atoms with Crippen LogP contribution in [0.25, 0.3) is 5.69 Å². The summed E-state index contributed by atoms with van der Waals surface area (Å²) in [5.74, 6) is 0. The molecule has 0 bridgehead atoms. The number of anilines is 1. The van der Waals surface area contributed by atoms with Crippen LogP contribution >= 0.6 is 11.6 Å². The number of nitrogens with zero attached hydrogens (tertiary/aromatic N) is 2. The Morgan fingerprint density at radius 3 is 2.70 bits per heavy atom. The third-order valence-corrected chi connectivity index (χ3v) is 3.15. The molecule has 0 saturated heterocycles. The number of nitrogens with one attached hydrogen (secondary N) is 2. The largest absolute Gasteiger partial charge is 0.382 e. The average Bonchev–Trinajstić information content (AvgIpc) is 2.87. The Labute approximate surface area is 125 Å². The maximum atomic E-state index is 6.30. The van der Waals surface area contributed by atoms with Gasteiger partial charge in [-0.1, -0.05) is 17.7 Å². The number of imidazole rings is 1. The molecule has 0 amide bonds. The fraction of sp³-hybridized carbons (Fsp3) is 0.400. The van der Waals surface area contributed by atoms with Gasteiger partial charge in [-0.25, -0.2) is 4.98 Å². The van der Waals surface area contributed by atoms with Gasteiger partial charge < -0.3 is 15.2 Å². The van der Waals surface area contributed by atoms with E-state index in [1.165, 1.54) is 0 Å². The molecule has 0 radical (unpaired) electrons. The maximum absolute atomic E-state index is 6.30. The molecular weight excluding hydrogens is 272 g/mol. The van der Waals surface area contributed by atoms with Crippen molar-refractivity contribution in [3.8, 4) is 5.69 Å². The second-order valence-corrected chi connectivity index (χ2v) is 6.12. The summed E-state index contributed by atoms with van der Waals surface area (Å²) in [6, 6.07) is 5.86. The molecule has 0 saturated carbocycles. The quantitative estimate of drug-likeness (QED) is 0.831. The predicted octanol–water partition coefficient (Wildman–Crippen LogP) is 3.33. The van der Waals surface area contributed by atoms with Crippen molar-refractivity contribution in [2.45, 2.75) is 26.3 Å². The fourth-order valence-corrected chi connectivity index (χ4v) is 2.22. The molecule has 0 aliphatic heterocycles. The lowest BCUT2D eigenvalue weighted by atomic mass is 10.1. The van der Waals surface area contributed by atoms with Gasteiger partial charge in [0.2, 0.25) is 0 Å². The van der Waals surface area contributed by atoms with Crippen molar-refractivity contribution in [2.75, 3.05) is 18.4 Å². The summed E-state index contributed by atoms with van der Waals surface area (Å²) in [6.45, 7) is 8.19. The molecule has 2 rings (SSSR count). The van der Waals surface area contributed by atoms with E-state index in [0.29, 0.717) is 5.02 Å². The van der Waals surface area contributed by atoms with Crippen LogP contribution < -0.4 is 10.6 Å². The van der Waals surface area contributed by atoms with Crippen LogP contribution in [0.2, 0.25) is 5.02 Å². The van der Waals surface area contributed by atoms with E-state index in [1.807, 2.05) is 29.0 Å². The normalized spacial score (nSPS) is 11.6. The summed E-state index contributed by atoms with van der Waals surface area (Å²) >= 11 is 6.30. The molecule has 2 aromatic rings. The summed E-state index contributed by atoms with van der Waals surface area (Å²) in [7, 11) is 0. The molecule has 1 heterocycles. The van der Waals surface area contributed by atoms with E-state index in [2.05, 4.69) is 36.4 Å². The van der Waals surface area contributed by atoms with Crippen LogP contribution in [0.5, 0.6) is 0 Å². The first-order chi connectivity index (χ1) is 9.47. The van der Waals surface area contributed by atoms with E-state index in [9.17, 15) is 0 Å². The van der Waals surface area contributed by atoms with Crippen molar-refractivity contribution in [2.24, 2.45) is 0 Å². The number of rotatable bonds is 5. The monoisotopic (exact) mass is 292 g/mol. The van der Waals surface area contributed by atoms with Crippen molar-refractivity contribution >= 4 is 17.3 Å². The second-order valence-electron chi connectivity index (χ2n) is 5.71. The molecule has 1 aromatic carbocycles. The highest BCUT2D eigenvalue weighted by molar-refractivity contribution is 6.33. The Bertz CT molecular complexity index is 543. The Morgan fingerprint density at radius 2 is 2.05 bits per heavy atom.